The zero-order valence-electron chi connectivity index (χ0n) is 19.8. The maximum atomic E-state index is 11.6. The average molecular weight is 469 g/mol. The van der Waals surface area contributed by atoms with Gasteiger partial charge in [0.1, 0.15) is 0 Å². The second-order valence-corrected chi connectivity index (χ2v) is 14.1. The first-order valence-electron chi connectivity index (χ1n) is 11.7. The van der Waals surface area contributed by atoms with Gasteiger partial charge in [-0.25, -0.2) is 0 Å². The van der Waals surface area contributed by atoms with Gasteiger partial charge in [-0.15, -0.1) is 0 Å². The van der Waals surface area contributed by atoms with Crippen molar-refractivity contribution in [2.45, 2.75) is 63.6 Å². The number of aliphatic hydroxyl groups is 1. The second-order valence-electron chi connectivity index (χ2n) is 9.76. The van der Waals surface area contributed by atoms with E-state index in [1.54, 1.807) is 0 Å². The lowest BCUT2D eigenvalue weighted by Gasteiger charge is -2.43. The summed E-state index contributed by atoms with van der Waals surface area (Å²) in [4.78, 5) is 21.9. The summed E-state index contributed by atoms with van der Waals surface area (Å²) in [6.45, 7) is 7.45. The average Bonchev–Trinajstić information content (AvgIpc) is 3.43. The van der Waals surface area contributed by atoms with Gasteiger partial charge in [-0.05, 0) is 28.3 Å². The van der Waals surface area contributed by atoms with Gasteiger partial charge in [0.2, 0.25) is 11.8 Å². The lowest BCUT2D eigenvalue weighted by atomic mass is 10.2. The Bertz CT molecular complexity index is 875. The van der Waals surface area contributed by atoms with Crippen LogP contribution in [0.25, 0.3) is 0 Å². The van der Waals surface area contributed by atoms with Gasteiger partial charge in [0, 0.05) is 12.8 Å². The Labute approximate surface area is 197 Å². The molecule has 0 saturated carbocycles. The summed E-state index contributed by atoms with van der Waals surface area (Å²) in [5.74, 6) is 0.195. The largest absolute Gasteiger partial charge is 0.405 e. The third kappa shape index (κ3) is 6.10. The van der Waals surface area contributed by atoms with E-state index in [4.69, 9.17) is 9.53 Å². The molecule has 6 nitrogen and oxygen atoms in total. The number of carbonyl (C=O) groups excluding carboxylic acids is 2. The maximum Gasteiger partial charge on any atom is 0.261 e. The summed E-state index contributed by atoms with van der Waals surface area (Å²) in [6, 6.07) is 21.4. The van der Waals surface area contributed by atoms with Crippen molar-refractivity contribution >= 4 is 30.5 Å². The van der Waals surface area contributed by atoms with Crippen molar-refractivity contribution in [3.05, 3.63) is 60.7 Å². The summed E-state index contributed by atoms with van der Waals surface area (Å²) < 4.78 is 6.82. The van der Waals surface area contributed by atoms with Crippen molar-refractivity contribution in [2.24, 2.45) is 0 Å². The van der Waals surface area contributed by atoms with Crippen LogP contribution in [0.5, 0.6) is 0 Å². The van der Waals surface area contributed by atoms with Crippen molar-refractivity contribution in [1.82, 2.24) is 10.6 Å². The highest BCUT2D eigenvalue weighted by molar-refractivity contribution is 6.99. The SMILES string of the molecule is CC(C)(C)[Si](OC[C@@H]1CCC(=O)N1)(c1ccccc1)c1ccccc1.O=C1CC[C@@H](CO)N1. The first kappa shape index (κ1) is 25.1. The van der Waals surface area contributed by atoms with Gasteiger partial charge in [0.05, 0.1) is 25.3 Å². The maximum absolute atomic E-state index is 11.6. The van der Waals surface area contributed by atoms with Crippen LogP contribution in [0.1, 0.15) is 46.5 Å². The second kappa shape index (κ2) is 11.1. The lowest BCUT2D eigenvalue weighted by Crippen LogP contribution is -2.67. The normalized spacial score (nSPS) is 20.6. The Morgan fingerprint density at radius 1 is 0.848 bits per heavy atom. The fourth-order valence-corrected chi connectivity index (χ4v) is 9.21. The van der Waals surface area contributed by atoms with Crippen LogP contribution < -0.4 is 21.0 Å². The van der Waals surface area contributed by atoms with E-state index < -0.39 is 8.32 Å². The molecule has 2 fully saturated rings. The molecule has 3 N–H and O–H groups in total. The molecule has 2 saturated heterocycles. The van der Waals surface area contributed by atoms with Gasteiger partial charge in [-0.1, -0.05) is 81.4 Å². The smallest absolute Gasteiger partial charge is 0.261 e. The van der Waals surface area contributed by atoms with E-state index in [2.05, 4.69) is 79.9 Å². The Morgan fingerprint density at radius 3 is 1.64 bits per heavy atom. The molecule has 0 aliphatic carbocycles. The first-order chi connectivity index (χ1) is 15.8. The van der Waals surface area contributed by atoms with Crippen LogP contribution in [0.15, 0.2) is 60.7 Å². The minimum atomic E-state index is -2.49. The van der Waals surface area contributed by atoms with E-state index in [1.807, 2.05) is 12.1 Å². The van der Waals surface area contributed by atoms with Gasteiger partial charge in [-0.2, -0.15) is 0 Å². The third-order valence-electron chi connectivity index (χ3n) is 6.31. The molecule has 178 valence electrons. The molecule has 4 rings (SSSR count). The molecule has 33 heavy (non-hydrogen) atoms. The van der Waals surface area contributed by atoms with Crippen molar-refractivity contribution in [3.8, 4) is 0 Å². The van der Waals surface area contributed by atoms with Crippen LogP contribution in [-0.2, 0) is 14.0 Å². The van der Waals surface area contributed by atoms with E-state index in [1.165, 1.54) is 10.4 Å². The van der Waals surface area contributed by atoms with E-state index in [9.17, 15) is 9.59 Å². The van der Waals surface area contributed by atoms with Crippen molar-refractivity contribution in [3.63, 3.8) is 0 Å². The third-order valence-corrected chi connectivity index (χ3v) is 11.3. The minimum Gasteiger partial charge on any atom is -0.405 e. The quantitative estimate of drug-likeness (QED) is 0.567. The van der Waals surface area contributed by atoms with Crippen LogP contribution in [0.3, 0.4) is 0 Å². The standard InChI is InChI=1S/C21H27NO2Si.C5H9NO2/c1-21(2,3)25(18-10-6-4-7-11-18,19-12-8-5-9-13-19)24-16-17-14-15-20(23)22-17;7-3-4-1-2-5(8)6-4/h4-13,17H,14-16H2,1-3H3,(H,22,23);4,7H,1-3H2,(H,6,8)/t17-;4-/m00/s1. The molecule has 0 aromatic heterocycles. The summed E-state index contributed by atoms with van der Waals surface area (Å²) in [6.07, 6.45) is 2.83. The van der Waals surface area contributed by atoms with E-state index >= 15 is 0 Å². The van der Waals surface area contributed by atoms with Crippen LogP contribution in [0, 0.1) is 0 Å². The zero-order chi connectivity index (χ0) is 23.9. The molecule has 2 aliphatic heterocycles. The lowest BCUT2D eigenvalue weighted by molar-refractivity contribution is -0.120. The molecule has 0 spiro atoms. The summed E-state index contributed by atoms with van der Waals surface area (Å²) in [5, 5.41) is 16.6. The predicted octanol–water partition coefficient (Wildman–Crippen LogP) is 2.10. The molecule has 2 aromatic carbocycles. The number of carbonyl (C=O) groups is 2. The monoisotopic (exact) mass is 468 g/mol. The zero-order valence-corrected chi connectivity index (χ0v) is 20.8. The molecule has 2 atom stereocenters. The summed E-state index contributed by atoms with van der Waals surface area (Å²) in [5.41, 5.74) is 0. The highest BCUT2D eigenvalue weighted by atomic mass is 28.4. The Balaban J connectivity index is 0.000000323. The molecule has 2 aliphatic rings. The molecule has 0 bridgehead atoms. The minimum absolute atomic E-state index is 0.0294. The number of aliphatic hydroxyl groups excluding tert-OH is 1. The molecule has 7 heteroatoms. The molecule has 2 heterocycles. The Morgan fingerprint density at radius 2 is 1.30 bits per heavy atom. The molecular weight excluding hydrogens is 432 g/mol. The van der Waals surface area contributed by atoms with E-state index in [0.717, 1.165) is 12.8 Å². The van der Waals surface area contributed by atoms with Crippen LogP contribution in [0.4, 0.5) is 0 Å². The molecular formula is C26H36N2O4Si. The number of rotatable bonds is 6. The van der Waals surface area contributed by atoms with Gasteiger partial charge in [-0.3, -0.25) is 9.59 Å². The number of hydrogen-bond donors (Lipinski definition) is 3. The van der Waals surface area contributed by atoms with Gasteiger partial charge in [0.25, 0.3) is 8.32 Å². The van der Waals surface area contributed by atoms with Crippen molar-refractivity contribution < 1.29 is 19.1 Å². The Kier molecular flexibility index (Phi) is 8.45. The summed E-state index contributed by atoms with van der Waals surface area (Å²) in [7, 11) is -2.49. The van der Waals surface area contributed by atoms with Crippen molar-refractivity contribution in [1.29, 1.82) is 0 Å². The van der Waals surface area contributed by atoms with Gasteiger partial charge >= 0.3 is 0 Å². The number of hydrogen-bond acceptors (Lipinski definition) is 4. The molecule has 2 aromatic rings. The highest BCUT2D eigenvalue weighted by Crippen LogP contribution is 2.37. The fourth-order valence-electron chi connectivity index (χ4n) is 4.60. The predicted molar refractivity (Wildman–Crippen MR) is 133 cm³/mol. The van der Waals surface area contributed by atoms with Gasteiger partial charge < -0.3 is 20.2 Å². The van der Waals surface area contributed by atoms with Crippen LogP contribution >= 0.6 is 0 Å². The van der Waals surface area contributed by atoms with E-state index in [-0.39, 0.29) is 35.5 Å². The van der Waals surface area contributed by atoms with Crippen LogP contribution in [-0.4, -0.2) is 50.5 Å². The number of benzene rings is 2. The number of nitrogens with one attached hydrogen (secondary N) is 2. The molecule has 0 unspecified atom stereocenters. The fraction of sp³-hybridized carbons (Fsp3) is 0.462. The summed E-state index contributed by atoms with van der Waals surface area (Å²) >= 11 is 0. The topological polar surface area (TPSA) is 87.7 Å². The highest BCUT2D eigenvalue weighted by Gasteiger charge is 2.50. The van der Waals surface area contributed by atoms with Crippen LogP contribution in [0.2, 0.25) is 5.04 Å². The Hall–Kier alpha value is -2.48. The number of amides is 2. The van der Waals surface area contributed by atoms with E-state index in [0.29, 0.717) is 19.4 Å². The molecule has 0 radical (unpaired) electrons. The van der Waals surface area contributed by atoms with Gasteiger partial charge in [0.15, 0.2) is 0 Å². The first-order valence-corrected chi connectivity index (χ1v) is 13.6. The van der Waals surface area contributed by atoms with Crippen molar-refractivity contribution in [2.75, 3.05) is 13.2 Å². The molecule has 2 amide bonds.